The first kappa shape index (κ1) is 15.1. The van der Waals surface area contributed by atoms with Crippen molar-refractivity contribution in [3.63, 3.8) is 0 Å². The van der Waals surface area contributed by atoms with E-state index in [0.717, 1.165) is 37.6 Å². The number of carboxylic acids is 1. The Bertz CT molecular complexity index is 590. The zero-order chi connectivity index (χ0) is 16.0. The molecule has 7 heteroatoms. The molecular weight excluding hydrogens is 297 g/mol. The lowest BCUT2D eigenvalue weighted by atomic mass is 9.68. The molecular formula is C15H17F3N2O2. The molecule has 4 nitrogen and oxygen atoms in total. The van der Waals surface area contributed by atoms with Gasteiger partial charge in [0.2, 0.25) is 0 Å². The van der Waals surface area contributed by atoms with Crippen LogP contribution in [0.2, 0.25) is 0 Å². The van der Waals surface area contributed by atoms with E-state index >= 15 is 0 Å². The lowest BCUT2D eigenvalue weighted by Gasteiger charge is -2.34. The van der Waals surface area contributed by atoms with E-state index in [1.807, 2.05) is 0 Å². The third-order valence-electron chi connectivity index (χ3n) is 4.94. The number of aliphatic carboxylic acids is 1. The molecule has 2 heterocycles. The van der Waals surface area contributed by atoms with Gasteiger partial charge in [-0.1, -0.05) is 12.8 Å². The molecule has 0 radical (unpaired) electrons. The Morgan fingerprint density at radius 3 is 2.82 bits per heavy atom. The number of carbonyl (C=O) groups is 1. The lowest BCUT2D eigenvalue weighted by Crippen LogP contribution is -2.41. The molecule has 1 aromatic heterocycles. The van der Waals surface area contributed by atoms with Gasteiger partial charge in [0.15, 0.2) is 0 Å². The predicted octanol–water partition coefficient (Wildman–Crippen LogP) is 3.18. The number of hydrogen-bond acceptors (Lipinski definition) is 3. The maximum absolute atomic E-state index is 12.8. The molecule has 120 valence electrons. The summed E-state index contributed by atoms with van der Waals surface area (Å²) >= 11 is 0. The normalized spacial score (nSPS) is 28.5. The van der Waals surface area contributed by atoms with E-state index in [1.165, 1.54) is 0 Å². The van der Waals surface area contributed by atoms with Gasteiger partial charge < -0.3 is 10.0 Å². The number of hydrogen-bond donors (Lipinski definition) is 1. The fraction of sp³-hybridized carbons (Fsp3) is 0.600. The molecule has 1 aromatic rings. The third-order valence-corrected chi connectivity index (χ3v) is 4.94. The van der Waals surface area contributed by atoms with E-state index in [-0.39, 0.29) is 18.3 Å². The van der Waals surface area contributed by atoms with Crippen LogP contribution in [0.15, 0.2) is 18.3 Å². The summed E-state index contributed by atoms with van der Waals surface area (Å²) in [7, 11) is 0. The molecule has 1 N–H and O–H groups in total. The molecule has 3 rings (SSSR count). The van der Waals surface area contributed by atoms with Crippen molar-refractivity contribution in [2.45, 2.75) is 31.9 Å². The van der Waals surface area contributed by atoms with Crippen LogP contribution in [0.4, 0.5) is 19.0 Å². The minimum Gasteiger partial charge on any atom is -0.481 e. The highest BCUT2D eigenvalue weighted by Gasteiger charge is 2.53. The Morgan fingerprint density at radius 2 is 2.18 bits per heavy atom. The summed E-state index contributed by atoms with van der Waals surface area (Å²) in [6.45, 7) is 0.696. The van der Waals surface area contributed by atoms with Gasteiger partial charge in [-0.3, -0.25) is 4.79 Å². The quantitative estimate of drug-likeness (QED) is 0.911. The molecule has 1 saturated heterocycles. The topological polar surface area (TPSA) is 53.4 Å². The van der Waals surface area contributed by atoms with Crippen LogP contribution in [-0.4, -0.2) is 29.1 Å². The van der Waals surface area contributed by atoms with Gasteiger partial charge in [-0.05, 0) is 30.9 Å². The van der Waals surface area contributed by atoms with Gasteiger partial charge in [-0.15, -0.1) is 0 Å². The van der Waals surface area contributed by atoms with E-state index in [1.54, 1.807) is 4.90 Å². The predicted molar refractivity (Wildman–Crippen MR) is 73.5 cm³/mol. The number of pyridine rings is 1. The lowest BCUT2D eigenvalue weighted by molar-refractivity contribution is -0.152. The second-order valence-electron chi connectivity index (χ2n) is 6.18. The molecule has 0 spiro atoms. The number of nitrogens with zero attached hydrogens (tertiary/aromatic N) is 2. The van der Waals surface area contributed by atoms with E-state index < -0.39 is 23.1 Å². The standard InChI is InChI=1S/C15H17F3N2O2/c16-15(17,18)10-4-6-19-12(7-10)20-8-11-3-1-2-5-14(11,9-20)13(21)22/h4,6-7,11H,1-3,5,8-9H2,(H,21,22)/t11-,14-/m1/s1. The Kier molecular flexibility index (Phi) is 3.53. The summed E-state index contributed by atoms with van der Waals surface area (Å²) < 4.78 is 38.4. The molecule has 2 fully saturated rings. The van der Waals surface area contributed by atoms with E-state index in [0.29, 0.717) is 13.0 Å². The number of anilines is 1. The fourth-order valence-corrected chi connectivity index (χ4v) is 3.75. The summed E-state index contributed by atoms with van der Waals surface area (Å²) in [5.41, 5.74) is -1.59. The highest BCUT2D eigenvalue weighted by molar-refractivity contribution is 5.77. The van der Waals surface area contributed by atoms with Gasteiger partial charge in [0, 0.05) is 19.3 Å². The van der Waals surface area contributed by atoms with Crippen LogP contribution in [-0.2, 0) is 11.0 Å². The molecule has 1 aliphatic heterocycles. The molecule has 0 bridgehead atoms. The average Bonchev–Trinajstić information content (AvgIpc) is 2.87. The van der Waals surface area contributed by atoms with Crippen LogP contribution in [0.3, 0.4) is 0 Å². The minimum atomic E-state index is -4.42. The second kappa shape index (κ2) is 5.14. The summed E-state index contributed by atoms with van der Waals surface area (Å²) in [6, 6.07) is 1.94. The summed E-state index contributed by atoms with van der Waals surface area (Å²) in [4.78, 5) is 17.4. The maximum atomic E-state index is 12.8. The third kappa shape index (κ3) is 2.42. The largest absolute Gasteiger partial charge is 0.481 e. The molecule has 1 saturated carbocycles. The minimum absolute atomic E-state index is 0.0184. The molecule has 0 aromatic carbocycles. The number of aromatic nitrogens is 1. The van der Waals surface area contributed by atoms with Crippen molar-refractivity contribution in [2.75, 3.05) is 18.0 Å². The highest BCUT2D eigenvalue weighted by atomic mass is 19.4. The molecule has 0 amide bonds. The number of alkyl halides is 3. The summed E-state index contributed by atoms with van der Waals surface area (Å²) in [5.74, 6) is -0.647. The fourth-order valence-electron chi connectivity index (χ4n) is 3.75. The van der Waals surface area contributed by atoms with Crippen LogP contribution in [0.25, 0.3) is 0 Å². The van der Waals surface area contributed by atoms with Crippen molar-refractivity contribution in [3.8, 4) is 0 Å². The van der Waals surface area contributed by atoms with E-state index in [2.05, 4.69) is 4.98 Å². The van der Waals surface area contributed by atoms with E-state index in [9.17, 15) is 23.1 Å². The van der Waals surface area contributed by atoms with Crippen molar-refractivity contribution in [3.05, 3.63) is 23.9 Å². The van der Waals surface area contributed by atoms with Crippen molar-refractivity contribution in [1.82, 2.24) is 4.98 Å². The van der Waals surface area contributed by atoms with Crippen molar-refractivity contribution in [2.24, 2.45) is 11.3 Å². The Morgan fingerprint density at radius 1 is 1.41 bits per heavy atom. The number of rotatable bonds is 2. The van der Waals surface area contributed by atoms with Gasteiger partial charge in [-0.25, -0.2) is 4.98 Å². The van der Waals surface area contributed by atoms with Crippen LogP contribution >= 0.6 is 0 Å². The molecule has 2 aliphatic rings. The first-order valence-electron chi connectivity index (χ1n) is 7.34. The highest BCUT2D eigenvalue weighted by Crippen LogP contribution is 2.48. The zero-order valence-corrected chi connectivity index (χ0v) is 11.9. The molecule has 1 aliphatic carbocycles. The monoisotopic (exact) mass is 314 g/mol. The van der Waals surface area contributed by atoms with Gasteiger partial charge in [0.25, 0.3) is 0 Å². The van der Waals surface area contributed by atoms with Crippen LogP contribution in [0, 0.1) is 11.3 Å². The maximum Gasteiger partial charge on any atom is 0.416 e. The smallest absolute Gasteiger partial charge is 0.416 e. The van der Waals surface area contributed by atoms with Crippen LogP contribution in [0.5, 0.6) is 0 Å². The van der Waals surface area contributed by atoms with Gasteiger partial charge in [0.05, 0.1) is 11.0 Å². The Hall–Kier alpha value is -1.79. The molecule has 22 heavy (non-hydrogen) atoms. The Balaban J connectivity index is 1.90. The van der Waals surface area contributed by atoms with Crippen molar-refractivity contribution >= 4 is 11.8 Å². The second-order valence-corrected chi connectivity index (χ2v) is 6.18. The van der Waals surface area contributed by atoms with Crippen LogP contribution in [0.1, 0.15) is 31.2 Å². The van der Waals surface area contributed by atoms with Crippen molar-refractivity contribution in [1.29, 1.82) is 0 Å². The van der Waals surface area contributed by atoms with Gasteiger partial charge in [-0.2, -0.15) is 13.2 Å². The first-order chi connectivity index (χ1) is 10.3. The number of fused-ring (bicyclic) bond motifs is 1. The first-order valence-corrected chi connectivity index (χ1v) is 7.34. The van der Waals surface area contributed by atoms with Crippen LogP contribution < -0.4 is 4.90 Å². The molecule has 2 atom stereocenters. The van der Waals surface area contributed by atoms with Gasteiger partial charge >= 0.3 is 12.1 Å². The zero-order valence-electron chi connectivity index (χ0n) is 11.9. The number of halogens is 3. The number of carboxylic acid groups (broad SMARTS) is 1. The van der Waals surface area contributed by atoms with Crippen molar-refractivity contribution < 1.29 is 23.1 Å². The summed E-state index contributed by atoms with van der Waals surface area (Å²) in [5, 5.41) is 9.62. The molecule has 0 unspecified atom stereocenters. The summed E-state index contributed by atoms with van der Waals surface area (Å²) in [6.07, 6.45) is -0.0668. The SMILES string of the molecule is O=C(O)[C@@]12CCCC[C@@H]1CN(c1cc(C(F)(F)F)ccn1)C2. The Labute approximate surface area is 126 Å². The average molecular weight is 314 g/mol. The van der Waals surface area contributed by atoms with Gasteiger partial charge in [0.1, 0.15) is 5.82 Å². The van der Waals surface area contributed by atoms with E-state index in [4.69, 9.17) is 0 Å².